The lowest BCUT2D eigenvalue weighted by Crippen LogP contribution is -2.11. The molecule has 66 valence electrons. The van der Waals surface area contributed by atoms with Crippen LogP contribution >= 0.6 is 0 Å². The molecule has 4 heteroatoms. The number of nitrogens with zero attached hydrogens (tertiary/aromatic N) is 2. The molecular weight excluding hydrogens is 154 g/mol. The van der Waals surface area contributed by atoms with Crippen molar-refractivity contribution in [1.29, 1.82) is 0 Å². The SMILES string of the molecule is CC(=O)c1cnc(CN(C)C)[nH]1. The molecule has 0 aliphatic carbocycles. The van der Waals surface area contributed by atoms with Gasteiger partial charge in [-0.05, 0) is 14.1 Å². The third kappa shape index (κ3) is 2.17. The lowest BCUT2D eigenvalue weighted by atomic mass is 10.3. The molecular formula is C8H13N3O. The summed E-state index contributed by atoms with van der Waals surface area (Å²) in [5.74, 6) is 0.845. The van der Waals surface area contributed by atoms with Crippen LogP contribution in [-0.2, 0) is 6.54 Å². The van der Waals surface area contributed by atoms with Crippen molar-refractivity contribution in [2.24, 2.45) is 0 Å². The van der Waals surface area contributed by atoms with Gasteiger partial charge in [0.25, 0.3) is 0 Å². The van der Waals surface area contributed by atoms with Gasteiger partial charge in [0.2, 0.25) is 0 Å². The first-order chi connectivity index (χ1) is 5.59. The molecule has 0 saturated heterocycles. The van der Waals surface area contributed by atoms with Gasteiger partial charge in [0, 0.05) is 6.92 Å². The summed E-state index contributed by atoms with van der Waals surface area (Å²) in [6.07, 6.45) is 1.57. The van der Waals surface area contributed by atoms with Crippen molar-refractivity contribution in [3.63, 3.8) is 0 Å². The highest BCUT2D eigenvalue weighted by molar-refractivity contribution is 5.91. The molecule has 1 heterocycles. The van der Waals surface area contributed by atoms with Crippen molar-refractivity contribution in [2.75, 3.05) is 14.1 Å². The van der Waals surface area contributed by atoms with Crippen LogP contribution < -0.4 is 0 Å². The van der Waals surface area contributed by atoms with Gasteiger partial charge in [-0.2, -0.15) is 0 Å². The average Bonchev–Trinajstić information content (AvgIpc) is 2.34. The van der Waals surface area contributed by atoms with Crippen molar-refractivity contribution in [3.05, 3.63) is 17.7 Å². The third-order valence-electron chi connectivity index (χ3n) is 1.47. The largest absolute Gasteiger partial charge is 0.339 e. The summed E-state index contributed by atoms with van der Waals surface area (Å²) < 4.78 is 0. The fourth-order valence-corrected chi connectivity index (χ4v) is 0.921. The maximum atomic E-state index is 10.9. The molecule has 1 rings (SSSR count). The van der Waals surface area contributed by atoms with E-state index in [0.29, 0.717) is 5.69 Å². The lowest BCUT2D eigenvalue weighted by Gasteiger charge is -2.05. The fraction of sp³-hybridized carbons (Fsp3) is 0.500. The van der Waals surface area contributed by atoms with Crippen LogP contribution in [0.15, 0.2) is 6.20 Å². The molecule has 0 radical (unpaired) electrons. The lowest BCUT2D eigenvalue weighted by molar-refractivity contribution is 0.101. The minimum absolute atomic E-state index is 0.0208. The van der Waals surface area contributed by atoms with Gasteiger partial charge >= 0.3 is 0 Å². The van der Waals surface area contributed by atoms with E-state index in [-0.39, 0.29) is 5.78 Å². The number of hydrogen-bond acceptors (Lipinski definition) is 3. The van der Waals surface area contributed by atoms with Crippen molar-refractivity contribution >= 4 is 5.78 Å². The first kappa shape index (κ1) is 8.93. The van der Waals surface area contributed by atoms with Gasteiger partial charge in [-0.1, -0.05) is 0 Å². The monoisotopic (exact) mass is 167 g/mol. The zero-order valence-electron chi connectivity index (χ0n) is 7.59. The number of carbonyl (C=O) groups is 1. The second kappa shape index (κ2) is 3.49. The van der Waals surface area contributed by atoms with Crippen molar-refractivity contribution in [1.82, 2.24) is 14.9 Å². The zero-order chi connectivity index (χ0) is 9.14. The third-order valence-corrected chi connectivity index (χ3v) is 1.47. The van der Waals surface area contributed by atoms with Gasteiger partial charge in [-0.25, -0.2) is 4.98 Å². The van der Waals surface area contributed by atoms with E-state index in [1.54, 1.807) is 6.20 Å². The minimum atomic E-state index is 0.0208. The highest BCUT2D eigenvalue weighted by Gasteiger charge is 2.04. The van der Waals surface area contributed by atoms with Crippen LogP contribution in [-0.4, -0.2) is 34.7 Å². The second-order valence-corrected chi connectivity index (χ2v) is 3.04. The highest BCUT2D eigenvalue weighted by atomic mass is 16.1. The minimum Gasteiger partial charge on any atom is -0.339 e. The van der Waals surface area contributed by atoms with Crippen LogP contribution in [0.5, 0.6) is 0 Å². The summed E-state index contributed by atoms with van der Waals surface area (Å²) >= 11 is 0. The Kier molecular flexibility index (Phi) is 2.60. The van der Waals surface area contributed by atoms with Gasteiger partial charge in [-0.3, -0.25) is 4.79 Å². The van der Waals surface area contributed by atoms with E-state index in [2.05, 4.69) is 9.97 Å². The topological polar surface area (TPSA) is 49.0 Å². The molecule has 0 saturated carbocycles. The Bertz CT molecular complexity index is 278. The molecule has 0 aliphatic heterocycles. The van der Waals surface area contributed by atoms with Crippen molar-refractivity contribution < 1.29 is 4.79 Å². The fourth-order valence-electron chi connectivity index (χ4n) is 0.921. The average molecular weight is 167 g/mol. The summed E-state index contributed by atoms with van der Waals surface area (Å²) in [6.45, 7) is 2.25. The maximum absolute atomic E-state index is 10.9. The van der Waals surface area contributed by atoms with E-state index in [0.717, 1.165) is 12.4 Å². The van der Waals surface area contributed by atoms with Gasteiger partial charge in [0.15, 0.2) is 5.78 Å². The summed E-state index contributed by atoms with van der Waals surface area (Å²) in [5.41, 5.74) is 0.576. The Labute approximate surface area is 71.6 Å². The molecule has 0 aliphatic rings. The number of aromatic nitrogens is 2. The van der Waals surface area contributed by atoms with Gasteiger partial charge in [-0.15, -0.1) is 0 Å². The first-order valence-electron chi connectivity index (χ1n) is 3.79. The molecule has 0 fully saturated rings. The van der Waals surface area contributed by atoms with Crippen molar-refractivity contribution in [3.8, 4) is 0 Å². The Hall–Kier alpha value is -1.16. The molecule has 0 unspecified atom stereocenters. The molecule has 0 aromatic carbocycles. The molecule has 12 heavy (non-hydrogen) atoms. The Balaban J connectivity index is 2.71. The first-order valence-corrected chi connectivity index (χ1v) is 3.79. The summed E-state index contributed by atoms with van der Waals surface area (Å²) in [4.78, 5) is 19.8. The molecule has 4 nitrogen and oxygen atoms in total. The Morgan fingerprint density at radius 1 is 1.67 bits per heavy atom. The van der Waals surface area contributed by atoms with E-state index >= 15 is 0 Å². The predicted molar refractivity (Wildman–Crippen MR) is 46.0 cm³/mol. The standard InChI is InChI=1S/C8H13N3O/c1-6(12)7-4-9-8(10-7)5-11(2)3/h4H,5H2,1-3H3,(H,9,10). The number of aromatic amines is 1. The second-order valence-electron chi connectivity index (χ2n) is 3.04. The maximum Gasteiger partial charge on any atom is 0.177 e. The Morgan fingerprint density at radius 2 is 2.33 bits per heavy atom. The molecule has 0 amide bonds. The van der Waals surface area contributed by atoms with E-state index in [9.17, 15) is 4.79 Å². The summed E-state index contributed by atoms with van der Waals surface area (Å²) in [7, 11) is 3.91. The van der Waals surface area contributed by atoms with Crippen LogP contribution in [0.3, 0.4) is 0 Å². The quantitative estimate of drug-likeness (QED) is 0.673. The normalized spacial score (nSPS) is 10.7. The number of H-pyrrole nitrogens is 1. The zero-order valence-corrected chi connectivity index (χ0v) is 7.59. The van der Waals surface area contributed by atoms with Crippen LogP contribution in [0.4, 0.5) is 0 Å². The smallest absolute Gasteiger partial charge is 0.177 e. The van der Waals surface area contributed by atoms with E-state index in [1.807, 2.05) is 19.0 Å². The van der Waals surface area contributed by atoms with Crippen LogP contribution in [0, 0.1) is 0 Å². The van der Waals surface area contributed by atoms with Crippen LogP contribution in [0.1, 0.15) is 23.2 Å². The highest BCUT2D eigenvalue weighted by Crippen LogP contribution is 1.99. The molecule has 0 atom stereocenters. The molecule has 1 N–H and O–H groups in total. The number of imidazole rings is 1. The van der Waals surface area contributed by atoms with Crippen LogP contribution in [0.2, 0.25) is 0 Å². The van der Waals surface area contributed by atoms with Gasteiger partial charge in [0.05, 0.1) is 12.7 Å². The van der Waals surface area contributed by atoms with Crippen molar-refractivity contribution in [2.45, 2.75) is 13.5 Å². The number of rotatable bonds is 3. The van der Waals surface area contributed by atoms with Gasteiger partial charge in [0.1, 0.15) is 11.5 Å². The molecule has 1 aromatic heterocycles. The summed E-state index contributed by atoms with van der Waals surface area (Å²) in [6, 6.07) is 0. The number of nitrogens with one attached hydrogen (secondary N) is 1. The van der Waals surface area contributed by atoms with E-state index in [4.69, 9.17) is 0 Å². The molecule has 0 spiro atoms. The van der Waals surface area contributed by atoms with Gasteiger partial charge < -0.3 is 9.88 Å². The van der Waals surface area contributed by atoms with E-state index in [1.165, 1.54) is 6.92 Å². The summed E-state index contributed by atoms with van der Waals surface area (Å²) in [5, 5.41) is 0. The predicted octanol–water partition coefficient (Wildman–Crippen LogP) is 0.674. The van der Waals surface area contributed by atoms with Crippen LogP contribution in [0.25, 0.3) is 0 Å². The molecule has 0 bridgehead atoms. The van der Waals surface area contributed by atoms with E-state index < -0.39 is 0 Å². The number of ketones is 1. The molecule has 1 aromatic rings. The number of Topliss-reactive ketones (excluding diaryl/α,β-unsaturated/α-hetero) is 1. The Morgan fingerprint density at radius 3 is 2.75 bits per heavy atom. The number of hydrogen-bond donors (Lipinski definition) is 1. The number of carbonyl (C=O) groups excluding carboxylic acids is 1.